The largest absolute Gasteiger partial charge is 0.493 e. The fraction of sp³-hybridized carbons (Fsp3) is 0.327. The lowest BCUT2D eigenvalue weighted by molar-refractivity contribution is -0.277. The minimum atomic E-state index is -0.611. The third-order valence-corrected chi connectivity index (χ3v) is 10.2. The van der Waals surface area contributed by atoms with Crippen LogP contribution in [0.25, 0.3) is 11.1 Å². The monoisotopic (exact) mass is 893 g/mol. The number of amides is 2. The Morgan fingerprint density at radius 3 is 2.03 bits per heavy atom. The zero-order valence-electron chi connectivity index (χ0n) is 37.8. The Morgan fingerprint density at radius 1 is 0.677 bits per heavy atom. The van der Waals surface area contributed by atoms with Gasteiger partial charge in [0.15, 0.2) is 29.3 Å². The SMILES string of the molecule is CCc1ccccc1-c1cc(OC)c(OCc2cc(COc3cc(NC)c(C=O)cc3OC)cc(NCCOCCOOC)c2)cc1N(CCNC=O)C(=O)OCc1ccc(NC)cc1. The van der Waals surface area contributed by atoms with Gasteiger partial charge in [-0.15, -0.1) is 0 Å². The summed E-state index contributed by atoms with van der Waals surface area (Å²) in [4.78, 5) is 48.3. The van der Waals surface area contributed by atoms with Crippen molar-refractivity contribution in [2.24, 2.45) is 0 Å². The van der Waals surface area contributed by atoms with Crippen molar-refractivity contribution in [1.29, 1.82) is 0 Å². The first-order valence-electron chi connectivity index (χ1n) is 21.2. The molecular formula is C49H59N5O11. The second-order valence-corrected chi connectivity index (χ2v) is 14.4. The lowest BCUT2D eigenvalue weighted by atomic mass is 9.95. The normalized spacial score (nSPS) is 10.7. The van der Waals surface area contributed by atoms with Gasteiger partial charge in [0.05, 0.1) is 40.2 Å². The molecule has 0 aliphatic heterocycles. The minimum absolute atomic E-state index is 0.0269. The summed E-state index contributed by atoms with van der Waals surface area (Å²) >= 11 is 0. The Kier molecular flexibility index (Phi) is 19.6. The van der Waals surface area contributed by atoms with Gasteiger partial charge in [-0.3, -0.25) is 14.5 Å². The first kappa shape index (κ1) is 49.0. The van der Waals surface area contributed by atoms with Gasteiger partial charge in [-0.2, -0.15) is 0 Å². The Hall–Kier alpha value is -7.01. The topological polar surface area (TPSA) is 176 Å². The van der Waals surface area contributed by atoms with Crippen LogP contribution in [0.1, 0.15) is 39.5 Å². The number of benzene rings is 5. The van der Waals surface area contributed by atoms with Crippen LogP contribution in [0, 0.1) is 0 Å². The average molecular weight is 894 g/mol. The molecule has 0 radical (unpaired) electrons. The van der Waals surface area contributed by atoms with Crippen LogP contribution in [-0.2, 0) is 50.3 Å². The van der Waals surface area contributed by atoms with E-state index in [1.807, 2.05) is 79.8 Å². The van der Waals surface area contributed by atoms with E-state index in [2.05, 4.69) is 33.1 Å². The maximum atomic E-state index is 14.2. The Balaban J connectivity index is 1.50. The number of carbonyl (C=O) groups is 3. The maximum Gasteiger partial charge on any atom is 0.414 e. The van der Waals surface area contributed by atoms with Crippen molar-refractivity contribution in [2.45, 2.75) is 33.2 Å². The second kappa shape index (κ2) is 25.9. The third-order valence-electron chi connectivity index (χ3n) is 10.2. The summed E-state index contributed by atoms with van der Waals surface area (Å²) in [6.07, 6.45) is 1.47. The summed E-state index contributed by atoms with van der Waals surface area (Å²) in [5.41, 5.74) is 8.34. The smallest absolute Gasteiger partial charge is 0.414 e. The fourth-order valence-electron chi connectivity index (χ4n) is 6.95. The molecule has 0 saturated heterocycles. The molecule has 0 spiro atoms. The van der Waals surface area contributed by atoms with Crippen LogP contribution in [0.3, 0.4) is 0 Å². The van der Waals surface area contributed by atoms with Crippen LogP contribution < -0.4 is 45.1 Å². The molecule has 5 aromatic carbocycles. The van der Waals surface area contributed by atoms with Crippen LogP contribution in [0.15, 0.2) is 91.0 Å². The van der Waals surface area contributed by atoms with Gasteiger partial charge in [-0.1, -0.05) is 43.3 Å². The van der Waals surface area contributed by atoms with Crippen molar-refractivity contribution in [3.63, 3.8) is 0 Å². The average Bonchev–Trinajstić information content (AvgIpc) is 3.34. The van der Waals surface area contributed by atoms with Gasteiger partial charge in [-0.25, -0.2) is 14.6 Å². The summed E-state index contributed by atoms with van der Waals surface area (Å²) in [6.45, 7) is 4.16. The van der Waals surface area contributed by atoms with Crippen LogP contribution in [0.4, 0.5) is 27.5 Å². The van der Waals surface area contributed by atoms with Crippen LogP contribution >= 0.6 is 0 Å². The number of hydrogen-bond donors (Lipinski definition) is 4. The number of anilines is 4. The van der Waals surface area contributed by atoms with E-state index in [0.717, 1.165) is 51.9 Å². The highest BCUT2D eigenvalue weighted by molar-refractivity contribution is 5.96. The molecule has 0 saturated carbocycles. The number of nitrogens with zero attached hydrogens (tertiary/aromatic N) is 1. The Bertz CT molecular complexity index is 2310. The van der Waals surface area contributed by atoms with Gasteiger partial charge in [-0.05, 0) is 76.7 Å². The quantitative estimate of drug-likeness (QED) is 0.0165. The van der Waals surface area contributed by atoms with Gasteiger partial charge in [0, 0.05) is 74.1 Å². The first-order chi connectivity index (χ1) is 31.8. The highest BCUT2D eigenvalue weighted by Gasteiger charge is 2.25. The number of aryl methyl sites for hydroxylation is 1. The lowest BCUT2D eigenvalue weighted by Gasteiger charge is -2.27. The van der Waals surface area contributed by atoms with Crippen LogP contribution in [-0.4, -0.2) is 93.7 Å². The fourth-order valence-corrected chi connectivity index (χ4v) is 6.95. The summed E-state index contributed by atoms with van der Waals surface area (Å²) < 4.78 is 36.0. The van der Waals surface area contributed by atoms with E-state index < -0.39 is 6.09 Å². The molecule has 16 heteroatoms. The van der Waals surface area contributed by atoms with E-state index in [-0.39, 0.29) is 32.9 Å². The zero-order chi connectivity index (χ0) is 46.4. The van der Waals surface area contributed by atoms with E-state index in [9.17, 15) is 14.4 Å². The molecule has 0 unspecified atom stereocenters. The molecular weight excluding hydrogens is 835 g/mol. The third kappa shape index (κ3) is 14.0. The number of hydrogen-bond acceptors (Lipinski definition) is 14. The summed E-state index contributed by atoms with van der Waals surface area (Å²) in [6, 6.07) is 28.4. The van der Waals surface area contributed by atoms with Crippen molar-refractivity contribution in [1.82, 2.24) is 5.32 Å². The number of ether oxygens (including phenoxy) is 6. The van der Waals surface area contributed by atoms with E-state index in [1.165, 1.54) is 19.1 Å². The van der Waals surface area contributed by atoms with Crippen molar-refractivity contribution in [3.05, 3.63) is 119 Å². The predicted molar refractivity (Wildman–Crippen MR) is 251 cm³/mol. The summed E-state index contributed by atoms with van der Waals surface area (Å²) in [7, 11) is 8.09. The number of nitrogens with one attached hydrogen (secondary N) is 4. The molecule has 0 aromatic heterocycles. The molecule has 346 valence electrons. The molecule has 5 aromatic rings. The molecule has 65 heavy (non-hydrogen) atoms. The number of methoxy groups -OCH3 is 2. The molecule has 5 rings (SSSR count). The van der Waals surface area contributed by atoms with E-state index in [0.29, 0.717) is 78.3 Å². The molecule has 4 N–H and O–H groups in total. The van der Waals surface area contributed by atoms with Gasteiger partial charge in [0.1, 0.15) is 26.4 Å². The highest BCUT2D eigenvalue weighted by Crippen LogP contribution is 2.43. The van der Waals surface area contributed by atoms with Crippen molar-refractivity contribution >= 4 is 41.5 Å². The van der Waals surface area contributed by atoms with Crippen LogP contribution in [0.2, 0.25) is 0 Å². The number of rotatable bonds is 28. The van der Waals surface area contributed by atoms with Crippen LogP contribution in [0.5, 0.6) is 23.0 Å². The minimum Gasteiger partial charge on any atom is -0.493 e. The van der Waals surface area contributed by atoms with Crippen molar-refractivity contribution in [2.75, 3.05) is 95.7 Å². The van der Waals surface area contributed by atoms with Gasteiger partial charge in [0.2, 0.25) is 6.41 Å². The predicted octanol–water partition coefficient (Wildman–Crippen LogP) is 7.88. The maximum absolute atomic E-state index is 14.2. The van der Waals surface area contributed by atoms with Crippen molar-refractivity contribution in [3.8, 4) is 34.1 Å². The zero-order valence-corrected chi connectivity index (χ0v) is 37.8. The molecule has 0 aliphatic rings. The van der Waals surface area contributed by atoms with Gasteiger partial charge >= 0.3 is 6.09 Å². The molecule has 0 bridgehead atoms. The van der Waals surface area contributed by atoms with Gasteiger partial charge < -0.3 is 49.7 Å². The lowest BCUT2D eigenvalue weighted by Crippen LogP contribution is -2.37. The van der Waals surface area contributed by atoms with Crippen molar-refractivity contribution < 1.29 is 52.6 Å². The molecule has 2 amide bonds. The second-order valence-electron chi connectivity index (χ2n) is 14.4. The Morgan fingerprint density at radius 2 is 1.38 bits per heavy atom. The van der Waals surface area contributed by atoms with E-state index in [1.54, 1.807) is 32.4 Å². The number of carbonyl (C=O) groups excluding carboxylic acids is 3. The molecule has 0 fully saturated rings. The van der Waals surface area contributed by atoms with E-state index >= 15 is 0 Å². The molecule has 0 aliphatic carbocycles. The molecule has 0 heterocycles. The van der Waals surface area contributed by atoms with Gasteiger partial charge in [0.25, 0.3) is 0 Å². The summed E-state index contributed by atoms with van der Waals surface area (Å²) in [5, 5.41) is 12.2. The molecule has 16 nitrogen and oxygen atoms in total. The molecule has 0 atom stereocenters. The Labute approximate surface area is 380 Å². The highest BCUT2D eigenvalue weighted by atomic mass is 17.2. The van der Waals surface area contributed by atoms with E-state index in [4.69, 9.17) is 33.3 Å². The summed E-state index contributed by atoms with van der Waals surface area (Å²) in [5.74, 6) is 1.67. The first-order valence-corrected chi connectivity index (χ1v) is 21.2. The number of aldehydes is 1. The standard InChI is InChI=1S/C49H59N5O11/c1-7-37-10-8-9-11-41(37)42-26-46(59-5)48(28-44(42)54(18-16-52-33-56)49(57)64-30-34-12-14-39(50-2)15-13-34)63-32-36-22-35(23-40(24-36)53-17-19-61-20-21-65-60-6)31-62-47-27-43(51-3)38(29-55)25-45(47)58-4/h8-15,22-29,33,50-51,53H,7,16-21,30-32H2,1-6H3,(H,52,56).